The Kier molecular flexibility index (Phi) is 5.91. The third kappa shape index (κ3) is 3.98. The Labute approximate surface area is 144 Å². The molecule has 0 bridgehead atoms. The van der Waals surface area contributed by atoms with E-state index in [1.165, 1.54) is 0 Å². The van der Waals surface area contributed by atoms with Crippen LogP contribution in [0.3, 0.4) is 0 Å². The maximum Gasteiger partial charge on any atom is 0.341 e. The number of allylic oxidation sites excluding steroid dienone is 2. The summed E-state index contributed by atoms with van der Waals surface area (Å²) < 4.78 is 5.12. The Bertz CT molecular complexity index is 670. The van der Waals surface area contributed by atoms with Crippen LogP contribution in [0.5, 0.6) is 5.75 Å². The van der Waals surface area contributed by atoms with Crippen LogP contribution >= 0.6 is 23.2 Å². The van der Waals surface area contributed by atoms with Crippen LogP contribution < -0.4 is 4.74 Å². The molecular weight excluding hydrogens is 341 g/mol. The molecule has 0 saturated heterocycles. The summed E-state index contributed by atoms with van der Waals surface area (Å²) in [7, 11) is 0. The molecule has 1 aliphatic carbocycles. The lowest BCUT2D eigenvalue weighted by Gasteiger charge is -2.25. The molecule has 0 amide bonds. The zero-order valence-electron chi connectivity index (χ0n) is 12.6. The van der Waals surface area contributed by atoms with Crippen LogP contribution in [0.2, 0.25) is 10.0 Å². The standard InChI is InChI=1S/C16H17Cl2NO4/c1-2-9-3-4-10(19-22)7-12(9)11-5-6-13(16(18)15(11)17)23-8-14(20)21/h5-7,9,22H,2-4,8H2,1H3,(H,20,21)/b19-10-. The summed E-state index contributed by atoms with van der Waals surface area (Å²) in [4.78, 5) is 10.6. The van der Waals surface area contributed by atoms with E-state index in [2.05, 4.69) is 12.1 Å². The number of carboxylic acid groups (broad SMARTS) is 1. The van der Waals surface area contributed by atoms with Gasteiger partial charge in [-0.2, -0.15) is 0 Å². The summed E-state index contributed by atoms with van der Waals surface area (Å²) in [6.45, 7) is 1.59. The van der Waals surface area contributed by atoms with Crippen LogP contribution in [-0.4, -0.2) is 28.6 Å². The van der Waals surface area contributed by atoms with Crippen LogP contribution in [0.15, 0.2) is 23.4 Å². The van der Waals surface area contributed by atoms with Crippen molar-refractivity contribution in [3.8, 4) is 5.75 Å². The Morgan fingerprint density at radius 2 is 2.13 bits per heavy atom. The summed E-state index contributed by atoms with van der Waals surface area (Å²) in [6, 6.07) is 3.35. The molecule has 1 aromatic rings. The highest BCUT2D eigenvalue weighted by atomic mass is 35.5. The molecule has 124 valence electrons. The van der Waals surface area contributed by atoms with Gasteiger partial charge in [-0.1, -0.05) is 35.3 Å². The minimum atomic E-state index is -1.09. The summed E-state index contributed by atoms with van der Waals surface area (Å²) in [6.07, 6.45) is 4.33. The fourth-order valence-corrected chi connectivity index (χ4v) is 3.14. The van der Waals surface area contributed by atoms with Gasteiger partial charge in [0.2, 0.25) is 0 Å². The number of oxime groups is 1. The van der Waals surface area contributed by atoms with Crippen LogP contribution in [0.1, 0.15) is 31.7 Å². The number of nitrogens with zero attached hydrogens (tertiary/aromatic N) is 1. The lowest BCUT2D eigenvalue weighted by molar-refractivity contribution is -0.139. The molecule has 0 spiro atoms. The predicted molar refractivity (Wildman–Crippen MR) is 89.8 cm³/mol. The monoisotopic (exact) mass is 357 g/mol. The average Bonchev–Trinajstić information content (AvgIpc) is 2.55. The lowest BCUT2D eigenvalue weighted by atomic mass is 9.81. The van der Waals surface area contributed by atoms with E-state index < -0.39 is 12.6 Å². The average molecular weight is 358 g/mol. The number of hydrogen-bond acceptors (Lipinski definition) is 4. The summed E-state index contributed by atoms with van der Waals surface area (Å²) in [5.74, 6) is -0.575. The van der Waals surface area contributed by atoms with E-state index in [1.54, 1.807) is 12.1 Å². The van der Waals surface area contributed by atoms with E-state index in [4.69, 9.17) is 38.3 Å². The maximum absolute atomic E-state index is 10.6. The molecule has 1 aliphatic rings. The molecule has 1 aromatic carbocycles. The predicted octanol–water partition coefficient (Wildman–Crippen LogP) is 4.49. The molecule has 0 fully saturated rings. The fourth-order valence-electron chi connectivity index (χ4n) is 2.65. The Hall–Kier alpha value is -1.72. The van der Waals surface area contributed by atoms with Gasteiger partial charge in [0.15, 0.2) is 6.61 Å². The summed E-state index contributed by atoms with van der Waals surface area (Å²) in [5, 5.41) is 21.4. The van der Waals surface area contributed by atoms with Gasteiger partial charge in [-0.15, -0.1) is 0 Å². The highest BCUT2D eigenvalue weighted by Gasteiger charge is 2.24. The maximum atomic E-state index is 10.6. The first-order valence-electron chi connectivity index (χ1n) is 7.23. The summed E-state index contributed by atoms with van der Waals surface area (Å²) in [5.41, 5.74) is 2.30. The van der Waals surface area contributed by atoms with Gasteiger partial charge >= 0.3 is 5.97 Å². The molecule has 1 atom stereocenters. The number of carboxylic acids is 1. The van der Waals surface area contributed by atoms with Gasteiger partial charge in [0, 0.05) is 0 Å². The zero-order valence-corrected chi connectivity index (χ0v) is 14.1. The van der Waals surface area contributed by atoms with Crippen LogP contribution in [0.4, 0.5) is 0 Å². The number of ether oxygens (including phenoxy) is 1. The SMILES string of the molecule is CCC1CC/C(=N/O)C=C1c1ccc(OCC(=O)O)c(Cl)c1Cl. The molecule has 0 saturated carbocycles. The highest BCUT2D eigenvalue weighted by molar-refractivity contribution is 6.44. The van der Waals surface area contributed by atoms with E-state index in [0.29, 0.717) is 23.1 Å². The number of hydrogen-bond donors (Lipinski definition) is 2. The molecule has 0 aliphatic heterocycles. The topological polar surface area (TPSA) is 79.1 Å². The van der Waals surface area contributed by atoms with E-state index in [0.717, 1.165) is 24.0 Å². The van der Waals surface area contributed by atoms with Crippen molar-refractivity contribution in [2.75, 3.05) is 6.61 Å². The van der Waals surface area contributed by atoms with Crippen molar-refractivity contribution in [2.45, 2.75) is 26.2 Å². The van der Waals surface area contributed by atoms with Gasteiger partial charge in [0.05, 0.1) is 10.7 Å². The van der Waals surface area contributed by atoms with Crippen LogP contribution in [0.25, 0.3) is 5.57 Å². The molecule has 0 heterocycles. The Balaban J connectivity index is 2.41. The molecule has 23 heavy (non-hydrogen) atoms. The van der Waals surface area contributed by atoms with Gasteiger partial charge in [-0.05, 0) is 54.5 Å². The molecule has 2 rings (SSSR count). The van der Waals surface area contributed by atoms with Crippen molar-refractivity contribution in [1.29, 1.82) is 0 Å². The van der Waals surface area contributed by atoms with Crippen LogP contribution in [0, 0.1) is 5.92 Å². The number of halogens is 2. The van der Waals surface area contributed by atoms with Crippen molar-refractivity contribution in [2.24, 2.45) is 11.1 Å². The number of benzene rings is 1. The Morgan fingerprint density at radius 3 is 2.74 bits per heavy atom. The third-order valence-electron chi connectivity index (χ3n) is 3.84. The third-order valence-corrected chi connectivity index (χ3v) is 4.71. The van der Waals surface area contributed by atoms with E-state index in [9.17, 15) is 4.79 Å². The minimum Gasteiger partial charge on any atom is -0.480 e. The second-order valence-electron chi connectivity index (χ2n) is 5.26. The molecule has 7 heteroatoms. The van der Waals surface area contributed by atoms with Gasteiger partial charge in [-0.25, -0.2) is 4.79 Å². The van der Waals surface area contributed by atoms with Crippen molar-refractivity contribution >= 4 is 40.5 Å². The van der Waals surface area contributed by atoms with Crippen molar-refractivity contribution in [3.63, 3.8) is 0 Å². The zero-order chi connectivity index (χ0) is 17.0. The van der Waals surface area contributed by atoms with Gasteiger partial charge < -0.3 is 15.1 Å². The Morgan fingerprint density at radius 1 is 1.39 bits per heavy atom. The largest absolute Gasteiger partial charge is 0.480 e. The van der Waals surface area contributed by atoms with Crippen molar-refractivity contribution in [1.82, 2.24) is 0 Å². The van der Waals surface area contributed by atoms with Crippen molar-refractivity contribution in [3.05, 3.63) is 33.8 Å². The van der Waals surface area contributed by atoms with E-state index in [1.807, 2.05) is 6.08 Å². The quantitative estimate of drug-likeness (QED) is 0.600. The fraction of sp³-hybridized carbons (Fsp3) is 0.375. The van der Waals surface area contributed by atoms with Gasteiger partial charge in [0.25, 0.3) is 0 Å². The normalized spacial score (nSPS) is 19.5. The lowest BCUT2D eigenvalue weighted by Crippen LogP contribution is -2.14. The molecule has 0 radical (unpaired) electrons. The van der Waals surface area contributed by atoms with Crippen molar-refractivity contribution < 1.29 is 19.8 Å². The van der Waals surface area contributed by atoms with Gasteiger partial charge in [0.1, 0.15) is 10.8 Å². The summed E-state index contributed by atoms with van der Waals surface area (Å²) >= 11 is 12.6. The molecule has 1 unspecified atom stereocenters. The van der Waals surface area contributed by atoms with Crippen LogP contribution in [-0.2, 0) is 4.79 Å². The molecule has 2 N–H and O–H groups in total. The smallest absolute Gasteiger partial charge is 0.341 e. The molecule has 0 aromatic heterocycles. The first kappa shape index (κ1) is 17.6. The first-order chi connectivity index (χ1) is 11.0. The number of aliphatic carboxylic acids is 1. The second-order valence-corrected chi connectivity index (χ2v) is 6.01. The second kappa shape index (κ2) is 7.70. The van der Waals surface area contributed by atoms with E-state index >= 15 is 0 Å². The number of carbonyl (C=O) groups is 1. The molecule has 5 nitrogen and oxygen atoms in total. The van der Waals surface area contributed by atoms with E-state index in [-0.39, 0.29) is 10.8 Å². The highest BCUT2D eigenvalue weighted by Crippen LogP contribution is 2.42. The van der Waals surface area contributed by atoms with Gasteiger partial charge in [-0.3, -0.25) is 0 Å². The number of rotatable bonds is 5. The minimum absolute atomic E-state index is 0.175. The molecular formula is C16H17Cl2NO4. The first-order valence-corrected chi connectivity index (χ1v) is 7.99.